The van der Waals surface area contributed by atoms with Gasteiger partial charge in [0.1, 0.15) is 0 Å². The van der Waals surface area contributed by atoms with Crippen LogP contribution in [0, 0.1) is 5.41 Å². The van der Waals surface area contributed by atoms with Gasteiger partial charge in [-0.15, -0.1) is 11.6 Å². The van der Waals surface area contributed by atoms with Crippen LogP contribution in [-0.2, 0) is 6.42 Å². The quantitative estimate of drug-likeness (QED) is 0.248. The summed E-state index contributed by atoms with van der Waals surface area (Å²) in [7, 11) is 0. The molecular formula is C23H39Cl. The first kappa shape index (κ1) is 21.6. The molecule has 0 heterocycles. The lowest BCUT2D eigenvalue weighted by atomic mass is 9.81. The van der Waals surface area contributed by atoms with Crippen LogP contribution in [0.1, 0.15) is 97.5 Å². The lowest BCUT2D eigenvalue weighted by Gasteiger charge is -2.24. The third-order valence-electron chi connectivity index (χ3n) is 4.90. The molecule has 0 N–H and O–H groups in total. The Kier molecular flexibility index (Phi) is 10.0. The zero-order chi connectivity index (χ0) is 17.9. The number of alkyl halides is 1. The Labute approximate surface area is 156 Å². The minimum Gasteiger partial charge on any atom is -0.120 e. The molecule has 0 fully saturated rings. The number of rotatable bonds is 13. The molecule has 0 aliphatic rings. The van der Waals surface area contributed by atoms with Crippen LogP contribution in [0.25, 0.3) is 0 Å². The van der Waals surface area contributed by atoms with E-state index in [1.807, 2.05) is 0 Å². The summed E-state index contributed by atoms with van der Waals surface area (Å²) in [5.41, 5.74) is 1.90. The fourth-order valence-corrected chi connectivity index (χ4v) is 3.58. The van der Waals surface area contributed by atoms with Crippen molar-refractivity contribution in [2.75, 3.05) is 0 Å². The summed E-state index contributed by atoms with van der Waals surface area (Å²) in [5, 5.41) is 0. The molecule has 0 unspecified atom stereocenters. The standard InChI is InChI=1S/C23H39Cl/c1-22(2,20-21-16-12-11-13-17-21)18-14-9-7-5-6-8-10-15-19-23(3,4)24/h11-13,16-17H,5-10,14-15,18-20H2,1-4H3. The average molecular weight is 351 g/mol. The zero-order valence-electron chi connectivity index (χ0n) is 16.5. The van der Waals surface area contributed by atoms with E-state index >= 15 is 0 Å². The maximum absolute atomic E-state index is 6.22. The predicted molar refractivity (Wildman–Crippen MR) is 110 cm³/mol. The van der Waals surface area contributed by atoms with Crippen LogP contribution < -0.4 is 0 Å². The van der Waals surface area contributed by atoms with Gasteiger partial charge in [0.25, 0.3) is 0 Å². The normalized spacial score (nSPS) is 12.5. The van der Waals surface area contributed by atoms with Crippen molar-refractivity contribution in [3.05, 3.63) is 35.9 Å². The summed E-state index contributed by atoms with van der Waals surface area (Å²) < 4.78 is 0. The molecule has 1 rings (SSSR count). The molecule has 24 heavy (non-hydrogen) atoms. The van der Waals surface area contributed by atoms with Gasteiger partial charge in [0.15, 0.2) is 0 Å². The second-order valence-corrected chi connectivity index (χ2v) is 9.90. The molecule has 1 aromatic rings. The van der Waals surface area contributed by atoms with Gasteiger partial charge in [0, 0.05) is 4.87 Å². The minimum absolute atomic E-state index is 0.00739. The van der Waals surface area contributed by atoms with Crippen LogP contribution in [0.4, 0.5) is 0 Å². The highest BCUT2D eigenvalue weighted by molar-refractivity contribution is 6.23. The fraction of sp³-hybridized carbons (Fsp3) is 0.739. The Hall–Kier alpha value is -0.490. The highest BCUT2D eigenvalue weighted by Gasteiger charge is 2.17. The van der Waals surface area contributed by atoms with E-state index in [0.29, 0.717) is 5.41 Å². The van der Waals surface area contributed by atoms with Crippen molar-refractivity contribution in [1.29, 1.82) is 0 Å². The molecule has 0 nitrogen and oxygen atoms in total. The summed E-state index contributed by atoms with van der Waals surface area (Å²) in [6, 6.07) is 10.9. The van der Waals surface area contributed by atoms with Gasteiger partial charge in [-0.05, 0) is 44.1 Å². The summed E-state index contributed by atoms with van der Waals surface area (Å²) in [6.45, 7) is 9.07. The summed E-state index contributed by atoms with van der Waals surface area (Å²) in [5.74, 6) is 0. The Morgan fingerprint density at radius 2 is 1.12 bits per heavy atom. The first-order valence-corrected chi connectivity index (χ1v) is 10.4. The largest absolute Gasteiger partial charge is 0.120 e. The maximum atomic E-state index is 6.22. The molecule has 0 atom stereocenters. The van der Waals surface area contributed by atoms with Crippen molar-refractivity contribution >= 4 is 11.6 Å². The van der Waals surface area contributed by atoms with E-state index in [1.54, 1.807) is 0 Å². The lowest BCUT2D eigenvalue weighted by Crippen LogP contribution is -2.14. The molecule has 0 aliphatic carbocycles. The molecule has 138 valence electrons. The van der Waals surface area contributed by atoms with E-state index in [9.17, 15) is 0 Å². The van der Waals surface area contributed by atoms with Gasteiger partial charge in [0.05, 0.1) is 0 Å². The van der Waals surface area contributed by atoms with Crippen LogP contribution in [0.3, 0.4) is 0 Å². The first-order chi connectivity index (χ1) is 11.3. The molecule has 0 bridgehead atoms. The van der Waals surface area contributed by atoms with Crippen molar-refractivity contribution in [3.63, 3.8) is 0 Å². The number of hydrogen-bond donors (Lipinski definition) is 0. The second-order valence-electron chi connectivity index (χ2n) is 8.87. The third kappa shape index (κ3) is 12.0. The van der Waals surface area contributed by atoms with E-state index < -0.39 is 0 Å². The fourth-order valence-electron chi connectivity index (χ4n) is 3.45. The minimum atomic E-state index is -0.00739. The van der Waals surface area contributed by atoms with Crippen LogP contribution in [0.15, 0.2) is 30.3 Å². The van der Waals surface area contributed by atoms with E-state index in [-0.39, 0.29) is 4.87 Å². The number of benzene rings is 1. The highest BCUT2D eigenvalue weighted by Crippen LogP contribution is 2.28. The molecule has 0 aliphatic heterocycles. The summed E-state index contributed by atoms with van der Waals surface area (Å²) in [4.78, 5) is -0.00739. The Morgan fingerprint density at radius 3 is 1.62 bits per heavy atom. The SMILES string of the molecule is CC(C)(Cl)CCCCCCCCCCC(C)(C)Cc1ccccc1. The average Bonchev–Trinajstić information content (AvgIpc) is 2.48. The Balaban J connectivity index is 1.98. The van der Waals surface area contributed by atoms with Gasteiger partial charge < -0.3 is 0 Å². The van der Waals surface area contributed by atoms with Gasteiger partial charge in [-0.3, -0.25) is 0 Å². The van der Waals surface area contributed by atoms with Crippen molar-refractivity contribution in [3.8, 4) is 0 Å². The molecule has 0 saturated carbocycles. The van der Waals surface area contributed by atoms with Crippen molar-refractivity contribution < 1.29 is 0 Å². The zero-order valence-corrected chi connectivity index (χ0v) is 17.3. The smallest absolute Gasteiger partial charge is 0.0390 e. The predicted octanol–water partition coefficient (Wildman–Crippen LogP) is 8.17. The van der Waals surface area contributed by atoms with E-state index in [4.69, 9.17) is 11.6 Å². The second kappa shape index (κ2) is 11.2. The van der Waals surface area contributed by atoms with E-state index in [2.05, 4.69) is 58.0 Å². The summed E-state index contributed by atoms with van der Waals surface area (Å²) in [6.07, 6.45) is 14.7. The summed E-state index contributed by atoms with van der Waals surface area (Å²) >= 11 is 6.22. The molecule has 0 saturated heterocycles. The van der Waals surface area contributed by atoms with Gasteiger partial charge >= 0.3 is 0 Å². The third-order valence-corrected chi connectivity index (χ3v) is 5.09. The number of halogens is 1. The van der Waals surface area contributed by atoms with Crippen LogP contribution in [0.2, 0.25) is 0 Å². The molecule has 0 spiro atoms. The van der Waals surface area contributed by atoms with E-state index in [0.717, 1.165) is 6.42 Å². The maximum Gasteiger partial charge on any atom is 0.0390 e. The van der Waals surface area contributed by atoms with Gasteiger partial charge in [-0.1, -0.05) is 95.5 Å². The van der Waals surface area contributed by atoms with Crippen LogP contribution >= 0.6 is 11.6 Å². The van der Waals surface area contributed by atoms with E-state index in [1.165, 1.54) is 69.8 Å². The molecule has 1 heteroatoms. The Morgan fingerprint density at radius 1 is 0.667 bits per heavy atom. The Bertz CT molecular complexity index is 413. The van der Waals surface area contributed by atoms with Crippen LogP contribution in [0.5, 0.6) is 0 Å². The molecule has 0 aromatic heterocycles. The molecular weight excluding hydrogens is 312 g/mol. The van der Waals surface area contributed by atoms with Crippen molar-refractivity contribution in [1.82, 2.24) is 0 Å². The van der Waals surface area contributed by atoms with Gasteiger partial charge in [-0.25, -0.2) is 0 Å². The molecule has 0 radical (unpaired) electrons. The first-order valence-electron chi connectivity index (χ1n) is 10.0. The lowest BCUT2D eigenvalue weighted by molar-refractivity contribution is 0.316. The number of hydrogen-bond acceptors (Lipinski definition) is 0. The number of unbranched alkanes of at least 4 members (excludes halogenated alkanes) is 7. The topological polar surface area (TPSA) is 0 Å². The van der Waals surface area contributed by atoms with Gasteiger partial charge in [0.2, 0.25) is 0 Å². The monoisotopic (exact) mass is 350 g/mol. The van der Waals surface area contributed by atoms with Crippen molar-refractivity contribution in [2.24, 2.45) is 5.41 Å². The van der Waals surface area contributed by atoms with Gasteiger partial charge in [-0.2, -0.15) is 0 Å². The van der Waals surface area contributed by atoms with Crippen molar-refractivity contribution in [2.45, 2.75) is 103 Å². The van der Waals surface area contributed by atoms with Crippen LogP contribution in [-0.4, -0.2) is 4.87 Å². The highest BCUT2D eigenvalue weighted by atomic mass is 35.5. The molecule has 0 amide bonds. The molecule has 1 aromatic carbocycles.